The Morgan fingerprint density at radius 2 is 2.25 bits per heavy atom. The van der Waals surface area contributed by atoms with Crippen molar-refractivity contribution < 1.29 is 4.74 Å². The molecule has 1 atom stereocenters. The molecule has 1 rings (SSSR count). The lowest BCUT2D eigenvalue weighted by molar-refractivity contribution is 0.136. The van der Waals surface area contributed by atoms with Crippen LogP contribution in [0.5, 0.6) is 0 Å². The van der Waals surface area contributed by atoms with Gasteiger partial charge in [-0.05, 0) is 54.4 Å². The van der Waals surface area contributed by atoms with E-state index in [2.05, 4.69) is 40.3 Å². The average Bonchev–Trinajstić information content (AvgIpc) is 2.65. The van der Waals surface area contributed by atoms with E-state index in [-0.39, 0.29) is 0 Å². The van der Waals surface area contributed by atoms with Crippen LogP contribution in [0.4, 0.5) is 0 Å². The van der Waals surface area contributed by atoms with Crippen molar-refractivity contribution in [3.8, 4) is 0 Å². The van der Waals surface area contributed by atoms with Crippen LogP contribution in [0.3, 0.4) is 0 Å². The van der Waals surface area contributed by atoms with Gasteiger partial charge in [-0.25, -0.2) is 0 Å². The van der Waals surface area contributed by atoms with E-state index in [0.717, 1.165) is 32.6 Å². The molecule has 0 radical (unpaired) electrons. The molecule has 0 amide bonds. The minimum Gasteiger partial charge on any atom is -0.382 e. The molecular formula is C12H20BrNOS. The van der Waals surface area contributed by atoms with Crippen molar-refractivity contribution in [2.75, 3.05) is 19.8 Å². The normalized spacial score (nSPS) is 12.9. The Morgan fingerprint density at radius 1 is 1.44 bits per heavy atom. The van der Waals surface area contributed by atoms with Gasteiger partial charge in [0.05, 0.1) is 3.79 Å². The highest BCUT2D eigenvalue weighted by atomic mass is 79.9. The summed E-state index contributed by atoms with van der Waals surface area (Å²) in [5, 5.41) is 3.51. The summed E-state index contributed by atoms with van der Waals surface area (Å²) in [6.07, 6.45) is 2.17. The first kappa shape index (κ1) is 14.2. The molecule has 1 aromatic heterocycles. The van der Waals surface area contributed by atoms with Crippen LogP contribution in [-0.4, -0.2) is 25.8 Å². The number of ether oxygens (including phenoxy) is 1. The SMILES string of the molecule is CCNC(CCOCC)Cc1ccc(Br)s1. The molecule has 0 spiro atoms. The van der Waals surface area contributed by atoms with Gasteiger partial charge in [-0.1, -0.05) is 6.92 Å². The molecule has 0 aliphatic heterocycles. The fourth-order valence-corrected chi connectivity index (χ4v) is 3.20. The molecule has 4 heteroatoms. The monoisotopic (exact) mass is 305 g/mol. The third kappa shape index (κ3) is 5.43. The van der Waals surface area contributed by atoms with E-state index in [1.165, 1.54) is 8.66 Å². The molecule has 1 unspecified atom stereocenters. The van der Waals surface area contributed by atoms with Crippen molar-refractivity contribution in [2.24, 2.45) is 0 Å². The summed E-state index contributed by atoms with van der Waals surface area (Å²) in [6, 6.07) is 4.84. The number of hydrogen-bond donors (Lipinski definition) is 1. The standard InChI is InChI=1S/C12H20BrNOS/c1-3-14-10(7-8-15-4-2)9-11-5-6-12(13)16-11/h5-6,10,14H,3-4,7-9H2,1-2H3. The molecule has 1 heterocycles. The minimum absolute atomic E-state index is 0.530. The third-order valence-electron chi connectivity index (χ3n) is 2.38. The Kier molecular flexibility index (Phi) is 7.28. The lowest BCUT2D eigenvalue weighted by Crippen LogP contribution is -2.31. The van der Waals surface area contributed by atoms with E-state index in [9.17, 15) is 0 Å². The number of likely N-dealkylation sites (N-methyl/N-ethyl adjacent to an activating group) is 1. The van der Waals surface area contributed by atoms with Crippen LogP contribution in [-0.2, 0) is 11.2 Å². The predicted molar refractivity (Wildman–Crippen MR) is 74.3 cm³/mol. The summed E-state index contributed by atoms with van der Waals surface area (Å²) in [5.74, 6) is 0. The van der Waals surface area contributed by atoms with Gasteiger partial charge in [0.2, 0.25) is 0 Å². The second-order valence-corrected chi connectivity index (χ2v) is 6.20. The van der Waals surface area contributed by atoms with Crippen LogP contribution in [0.15, 0.2) is 15.9 Å². The smallest absolute Gasteiger partial charge is 0.0701 e. The van der Waals surface area contributed by atoms with Crippen LogP contribution < -0.4 is 5.32 Å². The Labute approximate surface area is 111 Å². The first-order valence-corrected chi connectivity index (χ1v) is 7.42. The first-order valence-electron chi connectivity index (χ1n) is 5.81. The summed E-state index contributed by atoms with van der Waals surface area (Å²) < 4.78 is 6.62. The summed E-state index contributed by atoms with van der Waals surface area (Å²) in [7, 11) is 0. The molecule has 0 bridgehead atoms. The summed E-state index contributed by atoms with van der Waals surface area (Å²) in [5.41, 5.74) is 0. The van der Waals surface area contributed by atoms with E-state index in [1.807, 2.05) is 18.3 Å². The maximum atomic E-state index is 5.41. The van der Waals surface area contributed by atoms with Gasteiger partial charge in [-0.3, -0.25) is 0 Å². The number of nitrogens with one attached hydrogen (secondary N) is 1. The van der Waals surface area contributed by atoms with Crippen molar-refractivity contribution in [3.63, 3.8) is 0 Å². The Balaban J connectivity index is 2.37. The molecule has 16 heavy (non-hydrogen) atoms. The molecule has 0 aromatic carbocycles. The predicted octanol–water partition coefficient (Wildman–Crippen LogP) is 3.46. The number of halogens is 1. The number of hydrogen-bond acceptors (Lipinski definition) is 3. The van der Waals surface area contributed by atoms with Crippen molar-refractivity contribution in [1.29, 1.82) is 0 Å². The van der Waals surface area contributed by atoms with Gasteiger partial charge in [0, 0.05) is 24.1 Å². The summed E-state index contributed by atoms with van der Waals surface area (Å²) in [4.78, 5) is 1.43. The van der Waals surface area contributed by atoms with Gasteiger partial charge in [-0.15, -0.1) is 11.3 Å². The number of rotatable bonds is 8. The van der Waals surface area contributed by atoms with Crippen LogP contribution >= 0.6 is 27.3 Å². The molecule has 1 N–H and O–H groups in total. The van der Waals surface area contributed by atoms with Crippen LogP contribution in [0.25, 0.3) is 0 Å². The van der Waals surface area contributed by atoms with E-state index >= 15 is 0 Å². The van der Waals surface area contributed by atoms with Crippen molar-refractivity contribution >= 4 is 27.3 Å². The fourth-order valence-electron chi connectivity index (χ4n) is 1.64. The lowest BCUT2D eigenvalue weighted by Gasteiger charge is -2.16. The molecule has 92 valence electrons. The van der Waals surface area contributed by atoms with Crippen molar-refractivity contribution in [2.45, 2.75) is 32.7 Å². The zero-order chi connectivity index (χ0) is 11.8. The fraction of sp³-hybridized carbons (Fsp3) is 0.667. The molecular weight excluding hydrogens is 286 g/mol. The van der Waals surface area contributed by atoms with E-state index in [4.69, 9.17) is 4.74 Å². The summed E-state index contributed by atoms with van der Waals surface area (Å²) in [6.45, 7) is 6.87. The molecule has 2 nitrogen and oxygen atoms in total. The van der Waals surface area contributed by atoms with Crippen molar-refractivity contribution in [1.82, 2.24) is 5.32 Å². The second-order valence-electron chi connectivity index (χ2n) is 3.65. The molecule has 0 fully saturated rings. The average molecular weight is 306 g/mol. The number of thiophene rings is 1. The molecule has 0 aliphatic rings. The topological polar surface area (TPSA) is 21.3 Å². The highest BCUT2D eigenvalue weighted by Crippen LogP contribution is 2.23. The van der Waals surface area contributed by atoms with Gasteiger partial charge in [0.1, 0.15) is 0 Å². The minimum atomic E-state index is 0.530. The van der Waals surface area contributed by atoms with Gasteiger partial charge in [-0.2, -0.15) is 0 Å². The van der Waals surface area contributed by atoms with Gasteiger partial charge >= 0.3 is 0 Å². The van der Waals surface area contributed by atoms with Gasteiger partial charge < -0.3 is 10.1 Å². The van der Waals surface area contributed by atoms with E-state index < -0.39 is 0 Å². The quantitative estimate of drug-likeness (QED) is 0.743. The zero-order valence-electron chi connectivity index (χ0n) is 9.96. The molecule has 0 saturated carbocycles. The third-order valence-corrected chi connectivity index (χ3v) is 4.03. The summed E-state index contributed by atoms with van der Waals surface area (Å²) >= 11 is 5.32. The molecule has 1 aromatic rings. The van der Waals surface area contributed by atoms with E-state index in [0.29, 0.717) is 6.04 Å². The van der Waals surface area contributed by atoms with Crippen LogP contribution in [0.2, 0.25) is 0 Å². The first-order chi connectivity index (χ1) is 7.76. The van der Waals surface area contributed by atoms with Crippen LogP contribution in [0.1, 0.15) is 25.1 Å². The van der Waals surface area contributed by atoms with Crippen molar-refractivity contribution in [3.05, 3.63) is 20.8 Å². The van der Waals surface area contributed by atoms with Crippen LogP contribution in [0, 0.1) is 0 Å². The maximum Gasteiger partial charge on any atom is 0.0701 e. The highest BCUT2D eigenvalue weighted by molar-refractivity contribution is 9.11. The Morgan fingerprint density at radius 3 is 2.81 bits per heavy atom. The molecule has 0 saturated heterocycles. The van der Waals surface area contributed by atoms with Gasteiger partial charge in [0.25, 0.3) is 0 Å². The highest BCUT2D eigenvalue weighted by Gasteiger charge is 2.09. The zero-order valence-corrected chi connectivity index (χ0v) is 12.4. The lowest BCUT2D eigenvalue weighted by atomic mass is 10.1. The maximum absolute atomic E-state index is 5.41. The Bertz CT molecular complexity index is 290. The largest absolute Gasteiger partial charge is 0.382 e. The second kappa shape index (κ2) is 8.23. The van der Waals surface area contributed by atoms with E-state index in [1.54, 1.807) is 0 Å². The Hall–Kier alpha value is 0.1000. The van der Waals surface area contributed by atoms with Gasteiger partial charge in [0.15, 0.2) is 0 Å². The molecule has 0 aliphatic carbocycles.